The summed E-state index contributed by atoms with van der Waals surface area (Å²) in [5.41, 5.74) is 2.31. The van der Waals surface area contributed by atoms with Crippen molar-refractivity contribution in [3.8, 4) is 5.69 Å². The summed E-state index contributed by atoms with van der Waals surface area (Å²) < 4.78 is 1.92. The summed E-state index contributed by atoms with van der Waals surface area (Å²) in [6.07, 6.45) is 5.11. The third kappa shape index (κ3) is 3.60. The van der Waals surface area contributed by atoms with Crippen molar-refractivity contribution in [2.24, 2.45) is 0 Å². The maximum absolute atomic E-state index is 4.44. The molecule has 21 heavy (non-hydrogen) atoms. The Morgan fingerprint density at radius 1 is 1.19 bits per heavy atom. The normalized spacial score (nSPS) is 12.4. The van der Waals surface area contributed by atoms with Gasteiger partial charge < -0.3 is 5.32 Å². The Balaban J connectivity index is 1.58. The Hall–Kier alpha value is -1.91. The average Bonchev–Trinajstić information content (AvgIpc) is 3.20. The van der Waals surface area contributed by atoms with Gasteiger partial charge in [0.2, 0.25) is 0 Å². The number of para-hydroxylation sites is 1. The molecular formula is C17H19N3S. The van der Waals surface area contributed by atoms with Crippen molar-refractivity contribution >= 4 is 11.3 Å². The fourth-order valence-electron chi connectivity index (χ4n) is 2.27. The van der Waals surface area contributed by atoms with Gasteiger partial charge in [-0.25, -0.2) is 4.68 Å². The minimum Gasteiger partial charge on any atom is -0.310 e. The van der Waals surface area contributed by atoms with E-state index in [9.17, 15) is 0 Å². The number of aromatic nitrogens is 2. The quantitative estimate of drug-likeness (QED) is 0.749. The van der Waals surface area contributed by atoms with Crippen molar-refractivity contribution in [3.63, 3.8) is 0 Å². The Bertz CT molecular complexity index is 658. The molecule has 0 amide bonds. The number of nitrogens with zero attached hydrogens (tertiary/aromatic N) is 2. The molecule has 0 saturated heterocycles. The number of hydrogen-bond acceptors (Lipinski definition) is 3. The van der Waals surface area contributed by atoms with E-state index in [-0.39, 0.29) is 0 Å². The van der Waals surface area contributed by atoms with Gasteiger partial charge in [0, 0.05) is 29.2 Å². The van der Waals surface area contributed by atoms with Gasteiger partial charge in [-0.3, -0.25) is 0 Å². The summed E-state index contributed by atoms with van der Waals surface area (Å²) >= 11 is 1.82. The molecule has 0 aliphatic carbocycles. The molecule has 1 aromatic carbocycles. The van der Waals surface area contributed by atoms with Gasteiger partial charge in [0.25, 0.3) is 0 Å². The van der Waals surface area contributed by atoms with E-state index in [1.54, 1.807) is 0 Å². The summed E-state index contributed by atoms with van der Waals surface area (Å²) in [4.78, 5) is 1.43. The van der Waals surface area contributed by atoms with E-state index in [1.807, 2.05) is 40.4 Å². The molecule has 2 heterocycles. The van der Waals surface area contributed by atoms with E-state index >= 15 is 0 Å². The van der Waals surface area contributed by atoms with Crippen LogP contribution in [0.3, 0.4) is 0 Å². The van der Waals surface area contributed by atoms with Crippen LogP contribution in [0.2, 0.25) is 0 Å². The van der Waals surface area contributed by atoms with E-state index in [2.05, 4.69) is 53.2 Å². The smallest absolute Gasteiger partial charge is 0.0645 e. The molecular weight excluding hydrogens is 278 g/mol. The molecule has 1 atom stereocenters. The van der Waals surface area contributed by atoms with Crippen molar-refractivity contribution in [1.29, 1.82) is 0 Å². The van der Waals surface area contributed by atoms with Crippen LogP contribution >= 0.6 is 11.3 Å². The third-order valence-corrected chi connectivity index (χ3v) is 4.46. The Morgan fingerprint density at radius 3 is 2.81 bits per heavy atom. The molecule has 0 fully saturated rings. The second-order valence-corrected chi connectivity index (χ2v) is 6.09. The zero-order valence-corrected chi connectivity index (χ0v) is 12.9. The summed E-state index contributed by atoms with van der Waals surface area (Å²) in [5.74, 6) is 0. The SMILES string of the molecule is CC(NCCc1cccs1)c1cnn(-c2ccccc2)c1. The molecule has 0 aliphatic rings. The monoisotopic (exact) mass is 297 g/mol. The molecule has 108 valence electrons. The topological polar surface area (TPSA) is 29.9 Å². The lowest BCUT2D eigenvalue weighted by Gasteiger charge is -2.11. The van der Waals surface area contributed by atoms with Crippen molar-refractivity contribution in [1.82, 2.24) is 15.1 Å². The molecule has 4 heteroatoms. The highest BCUT2D eigenvalue weighted by atomic mass is 32.1. The maximum atomic E-state index is 4.44. The van der Waals surface area contributed by atoms with Gasteiger partial charge in [-0.1, -0.05) is 24.3 Å². The predicted molar refractivity (Wildman–Crippen MR) is 88.0 cm³/mol. The van der Waals surface area contributed by atoms with Crippen LogP contribution < -0.4 is 5.32 Å². The first-order valence-electron chi connectivity index (χ1n) is 7.19. The molecule has 0 saturated carbocycles. The van der Waals surface area contributed by atoms with Crippen LogP contribution in [0, 0.1) is 0 Å². The van der Waals surface area contributed by atoms with Crippen LogP contribution in [-0.2, 0) is 6.42 Å². The van der Waals surface area contributed by atoms with Crippen LogP contribution in [0.25, 0.3) is 5.69 Å². The fourth-order valence-corrected chi connectivity index (χ4v) is 2.98. The van der Waals surface area contributed by atoms with Gasteiger partial charge in [-0.05, 0) is 36.9 Å². The largest absolute Gasteiger partial charge is 0.310 e. The predicted octanol–water partition coefficient (Wildman–Crippen LogP) is 3.83. The molecule has 3 nitrogen and oxygen atoms in total. The first-order valence-corrected chi connectivity index (χ1v) is 8.06. The summed E-state index contributed by atoms with van der Waals surface area (Å²) in [7, 11) is 0. The molecule has 3 rings (SSSR count). The van der Waals surface area contributed by atoms with Gasteiger partial charge in [-0.15, -0.1) is 11.3 Å². The van der Waals surface area contributed by atoms with E-state index in [0.29, 0.717) is 6.04 Å². The maximum Gasteiger partial charge on any atom is 0.0645 e. The minimum absolute atomic E-state index is 0.308. The van der Waals surface area contributed by atoms with Crippen molar-refractivity contribution in [3.05, 3.63) is 70.7 Å². The third-order valence-electron chi connectivity index (χ3n) is 3.53. The number of benzene rings is 1. The highest BCUT2D eigenvalue weighted by molar-refractivity contribution is 7.09. The van der Waals surface area contributed by atoms with Crippen LogP contribution in [-0.4, -0.2) is 16.3 Å². The van der Waals surface area contributed by atoms with Gasteiger partial charge in [-0.2, -0.15) is 5.10 Å². The molecule has 0 aliphatic heterocycles. The summed E-state index contributed by atoms with van der Waals surface area (Å²) in [5, 5.41) is 10.1. The minimum atomic E-state index is 0.308. The van der Waals surface area contributed by atoms with Gasteiger partial charge in [0.15, 0.2) is 0 Å². The van der Waals surface area contributed by atoms with E-state index < -0.39 is 0 Å². The number of hydrogen-bond donors (Lipinski definition) is 1. The summed E-state index contributed by atoms with van der Waals surface area (Å²) in [6, 6.07) is 14.8. The standard InChI is InChI=1S/C17H19N3S/c1-14(18-10-9-17-8-5-11-21-17)15-12-19-20(13-15)16-6-3-2-4-7-16/h2-8,11-14,18H,9-10H2,1H3. The average molecular weight is 297 g/mol. The van der Waals surface area contributed by atoms with Gasteiger partial charge >= 0.3 is 0 Å². The zero-order chi connectivity index (χ0) is 14.5. The van der Waals surface area contributed by atoms with Crippen LogP contribution in [0.15, 0.2) is 60.2 Å². The van der Waals surface area contributed by atoms with Crippen molar-refractivity contribution in [2.75, 3.05) is 6.54 Å². The van der Waals surface area contributed by atoms with E-state index in [1.165, 1.54) is 10.4 Å². The van der Waals surface area contributed by atoms with Gasteiger partial charge in [0.1, 0.15) is 0 Å². The Morgan fingerprint density at radius 2 is 2.05 bits per heavy atom. The second-order valence-electron chi connectivity index (χ2n) is 5.06. The Kier molecular flexibility index (Phi) is 4.48. The first-order chi connectivity index (χ1) is 10.3. The number of thiophene rings is 1. The lowest BCUT2D eigenvalue weighted by Crippen LogP contribution is -2.20. The van der Waals surface area contributed by atoms with Crippen molar-refractivity contribution < 1.29 is 0 Å². The van der Waals surface area contributed by atoms with Crippen LogP contribution in [0.4, 0.5) is 0 Å². The number of rotatable bonds is 6. The highest BCUT2D eigenvalue weighted by Gasteiger charge is 2.08. The molecule has 3 aromatic rings. The van der Waals surface area contributed by atoms with Crippen molar-refractivity contribution in [2.45, 2.75) is 19.4 Å². The number of nitrogens with one attached hydrogen (secondary N) is 1. The lowest BCUT2D eigenvalue weighted by atomic mass is 10.2. The molecule has 2 aromatic heterocycles. The molecule has 1 unspecified atom stereocenters. The highest BCUT2D eigenvalue weighted by Crippen LogP contribution is 2.15. The van der Waals surface area contributed by atoms with E-state index in [4.69, 9.17) is 0 Å². The molecule has 0 radical (unpaired) electrons. The van der Waals surface area contributed by atoms with Crippen LogP contribution in [0.5, 0.6) is 0 Å². The van der Waals surface area contributed by atoms with Crippen LogP contribution in [0.1, 0.15) is 23.4 Å². The fraction of sp³-hybridized carbons (Fsp3) is 0.235. The lowest BCUT2D eigenvalue weighted by molar-refractivity contribution is 0.578. The zero-order valence-electron chi connectivity index (χ0n) is 12.1. The summed E-state index contributed by atoms with van der Waals surface area (Å²) in [6.45, 7) is 3.17. The Labute approximate surface area is 129 Å². The van der Waals surface area contributed by atoms with Gasteiger partial charge in [0.05, 0.1) is 11.9 Å². The first kappa shape index (κ1) is 14.0. The molecule has 0 spiro atoms. The second kappa shape index (κ2) is 6.70. The van der Waals surface area contributed by atoms with E-state index in [0.717, 1.165) is 18.7 Å². The molecule has 1 N–H and O–H groups in total. The molecule has 0 bridgehead atoms.